The zero-order valence-corrected chi connectivity index (χ0v) is 19.5. The molecule has 1 heterocycles. The first-order valence-electron chi connectivity index (χ1n) is 11.2. The highest BCUT2D eigenvalue weighted by Gasteiger charge is 2.34. The number of nitro groups is 1. The number of hydrogen-bond donors (Lipinski definition) is 3. The fourth-order valence-electron chi connectivity index (χ4n) is 3.73. The Morgan fingerprint density at radius 1 is 1.03 bits per heavy atom. The number of phenolic OH excluding ortho intramolecular Hbond substituents is 2. The predicted octanol–water partition coefficient (Wildman–Crippen LogP) is 4.40. The third kappa shape index (κ3) is 4.85. The maximum atomic E-state index is 13.5. The first-order valence-corrected chi connectivity index (χ1v) is 11.2. The van der Waals surface area contributed by atoms with Crippen molar-refractivity contribution in [2.45, 2.75) is 20.0 Å². The molecular formula is C25H24N4O7. The summed E-state index contributed by atoms with van der Waals surface area (Å²) in [5.74, 6) is -0.0849. The van der Waals surface area contributed by atoms with Crippen molar-refractivity contribution in [2.75, 3.05) is 18.5 Å². The number of nitrogens with one attached hydrogen (secondary N) is 1. The van der Waals surface area contributed by atoms with Gasteiger partial charge in [-0.15, -0.1) is 0 Å². The molecule has 11 heteroatoms. The lowest BCUT2D eigenvalue weighted by Crippen LogP contribution is -2.39. The molecule has 0 radical (unpaired) electrons. The van der Waals surface area contributed by atoms with Crippen LogP contribution in [-0.2, 0) is 0 Å². The minimum absolute atomic E-state index is 0.0225. The van der Waals surface area contributed by atoms with Crippen molar-refractivity contribution in [1.29, 1.82) is 0 Å². The molecule has 36 heavy (non-hydrogen) atoms. The van der Waals surface area contributed by atoms with Crippen LogP contribution in [0.25, 0.3) is 0 Å². The minimum atomic E-state index is -0.869. The van der Waals surface area contributed by atoms with Crippen LogP contribution in [0.1, 0.15) is 41.5 Å². The van der Waals surface area contributed by atoms with Crippen molar-refractivity contribution in [1.82, 2.24) is 5.01 Å². The lowest BCUT2D eigenvalue weighted by molar-refractivity contribution is -0.384. The van der Waals surface area contributed by atoms with Crippen molar-refractivity contribution < 1.29 is 29.4 Å². The molecule has 1 aliphatic heterocycles. The molecule has 0 aliphatic carbocycles. The number of aromatic hydroxyl groups is 2. The van der Waals surface area contributed by atoms with Crippen LogP contribution in [0.4, 0.5) is 11.4 Å². The van der Waals surface area contributed by atoms with Crippen molar-refractivity contribution in [3.05, 3.63) is 81.4 Å². The Hall–Kier alpha value is -4.80. The van der Waals surface area contributed by atoms with Crippen LogP contribution in [0.5, 0.6) is 23.0 Å². The first kappa shape index (κ1) is 24.3. The zero-order valence-electron chi connectivity index (χ0n) is 19.5. The lowest BCUT2D eigenvalue weighted by Gasteiger charge is -2.34. The van der Waals surface area contributed by atoms with Gasteiger partial charge in [-0.3, -0.25) is 14.9 Å². The maximum Gasteiger partial charge on any atom is 0.278 e. The van der Waals surface area contributed by atoms with E-state index in [2.05, 4.69) is 10.4 Å². The van der Waals surface area contributed by atoms with Crippen LogP contribution in [0.15, 0.2) is 59.7 Å². The molecule has 0 bridgehead atoms. The van der Waals surface area contributed by atoms with E-state index >= 15 is 0 Å². The third-order valence-electron chi connectivity index (χ3n) is 5.40. The second-order valence-electron chi connectivity index (χ2n) is 7.75. The Morgan fingerprint density at radius 3 is 2.36 bits per heavy atom. The number of fused-ring (bicyclic) bond motifs is 1. The van der Waals surface area contributed by atoms with E-state index in [1.54, 1.807) is 38.1 Å². The summed E-state index contributed by atoms with van der Waals surface area (Å²) in [4.78, 5) is 24.2. The van der Waals surface area contributed by atoms with Gasteiger partial charge in [-0.05, 0) is 55.8 Å². The summed E-state index contributed by atoms with van der Waals surface area (Å²) in [5, 5.41) is 40.1. The summed E-state index contributed by atoms with van der Waals surface area (Å²) in [6.07, 6.45) is 0.570. The topological polar surface area (TPSA) is 147 Å². The predicted molar refractivity (Wildman–Crippen MR) is 132 cm³/mol. The summed E-state index contributed by atoms with van der Waals surface area (Å²) in [5.41, 5.74) is 1.41. The second-order valence-corrected chi connectivity index (χ2v) is 7.75. The number of amides is 1. The van der Waals surface area contributed by atoms with Crippen molar-refractivity contribution in [2.24, 2.45) is 5.10 Å². The van der Waals surface area contributed by atoms with E-state index in [0.29, 0.717) is 24.3 Å². The third-order valence-corrected chi connectivity index (χ3v) is 5.40. The van der Waals surface area contributed by atoms with Crippen LogP contribution in [0, 0.1) is 10.1 Å². The molecule has 0 spiro atoms. The van der Waals surface area contributed by atoms with Gasteiger partial charge in [-0.2, -0.15) is 5.10 Å². The number of carbonyl (C=O) groups is 1. The van der Waals surface area contributed by atoms with E-state index in [0.717, 1.165) is 0 Å². The highest BCUT2D eigenvalue weighted by molar-refractivity contribution is 6.02. The van der Waals surface area contributed by atoms with Gasteiger partial charge in [0.1, 0.15) is 0 Å². The molecule has 1 amide bonds. The molecule has 4 rings (SSSR count). The number of hydrogen-bond acceptors (Lipinski definition) is 9. The van der Waals surface area contributed by atoms with Gasteiger partial charge in [0.15, 0.2) is 29.2 Å². The van der Waals surface area contributed by atoms with Gasteiger partial charge in [0.05, 0.1) is 35.6 Å². The molecule has 0 fully saturated rings. The van der Waals surface area contributed by atoms with E-state index in [4.69, 9.17) is 9.47 Å². The van der Waals surface area contributed by atoms with E-state index in [-0.39, 0.29) is 39.9 Å². The SMILES string of the molecule is CCOc1cc(/C=N\N2C(=O)c3ccc([N+](=O)[O-])cc3N[C@@H]2c2ccc(O)c(OCC)c2)ccc1O. The average molecular weight is 492 g/mol. The van der Waals surface area contributed by atoms with Crippen LogP contribution in [0.2, 0.25) is 0 Å². The van der Waals surface area contributed by atoms with E-state index in [1.807, 2.05) is 0 Å². The number of anilines is 1. The van der Waals surface area contributed by atoms with Crippen LogP contribution in [-0.4, -0.2) is 45.5 Å². The Bertz CT molecular complexity index is 1340. The monoisotopic (exact) mass is 492 g/mol. The number of ether oxygens (including phenoxy) is 2. The average Bonchev–Trinajstić information content (AvgIpc) is 2.86. The van der Waals surface area contributed by atoms with E-state index < -0.39 is 17.0 Å². The number of nitro benzene ring substituents is 1. The van der Waals surface area contributed by atoms with Crippen LogP contribution in [0.3, 0.4) is 0 Å². The van der Waals surface area contributed by atoms with Crippen molar-refractivity contribution in [3.8, 4) is 23.0 Å². The normalized spacial score (nSPS) is 14.9. The molecule has 11 nitrogen and oxygen atoms in total. The molecule has 0 saturated heterocycles. The number of carbonyl (C=O) groups excluding carboxylic acids is 1. The number of non-ortho nitro benzene ring substituents is 1. The summed E-state index contributed by atoms with van der Waals surface area (Å²) in [6.45, 7) is 4.23. The zero-order chi connectivity index (χ0) is 25.8. The van der Waals surface area contributed by atoms with Gasteiger partial charge in [-0.1, -0.05) is 6.07 Å². The highest BCUT2D eigenvalue weighted by atomic mass is 16.6. The molecule has 3 aromatic rings. The minimum Gasteiger partial charge on any atom is -0.504 e. The standard InChI is InChI=1S/C25H24N4O7/c1-3-35-22-11-15(5-9-20(22)30)14-26-28-24(16-6-10-21(31)23(12-16)36-4-2)27-19-13-17(29(33)34)7-8-18(19)25(28)32/h5-14,24,27,30-31H,3-4H2,1-2H3/b26-14-/t24-/m0/s1. The summed E-state index contributed by atoms with van der Waals surface area (Å²) >= 11 is 0. The second kappa shape index (κ2) is 10.2. The Labute approximate surface area is 206 Å². The number of phenols is 2. The fraction of sp³-hybridized carbons (Fsp3) is 0.200. The van der Waals surface area contributed by atoms with Crippen molar-refractivity contribution in [3.63, 3.8) is 0 Å². The quantitative estimate of drug-likeness (QED) is 0.238. The van der Waals surface area contributed by atoms with Gasteiger partial charge in [-0.25, -0.2) is 5.01 Å². The van der Waals surface area contributed by atoms with Gasteiger partial charge >= 0.3 is 0 Å². The first-order chi connectivity index (χ1) is 17.3. The maximum absolute atomic E-state index is 13.5. The number of rotatable bonds is 8. The molecule has 3 N–H and O–H groups in total. The number of hydrazone groups is 1. The van der Waals surface area contributed by atoms with Crippen LogP contribution < -0.4 is 14.8 Å². The Balaban J connectivity index is 1.77. The smallest absolute Gasteiger partial charge is 0.278 e. The lowest BCUT2D eigenvalue weighted by atomic mass is 10.0. The molecule has 1 atom stereocenters. The number of benzene rings is 3. The summed E-state index contributed by atoms with van der Waals surface area (Å²) in [6, 6.07) is 13.2. The fourth-order valence-corrected chi connectivity index (χ4v) is 3.73. The Kier molecular flexibility index (Phi) is 6.91. The molecule has 0 unspecified atom stereocenters. The van der Waals surface area contributed by atoms with Gasteiger partial charge in [0, 0.05) is 17.7 Å². The van der Waals surface area contributed by atoms with Gasteiger partial charge in [0.25, 0.3) is 11.6 Å². The van der Waals surface area contributed by atoms with Crippen LogP contribution >= 0.6 is 0 Å². The highest BCUT2D eigenvalue weighted by Crippen LogP contribution is 2.38. The molecular weight excluding hydrogens is 468 g/mol. The molecule has 0 aromatic heterocycles. The molecule has 1 aliphatic rings. The number of nitrogens with zero attached hydrogens (tertiary/aromatic N) is 3. The summed E-state index contributed by atoms with van der Waals surface area (Å²) in [7, 11) is 0. The molecule has 3 aromatic carbocycles. The van der Waals surface area contributed by atoms with Gasteiger partial charge in [0.2, 0.25) is 0 Å². The van der Waals surface area contributed by atoms with E-state index in [1.165, 1.54) is 41.6 Å². The molecule has 0 saturated carbocycles. The van der Waals surface area contributed by atoms with Crippen molar-refractivity contribution >= 4 is 23.5 Å². The largest absolute Gasteiger partial charge is 0.504 e. The molecule has 186 valence electrons. The Morgan fingerprint density at radius 2 is 1.69 bits per heavy atom. The van der Waals surface area contributed by atoms with E-state index in [9.17, 15) is 25.1 Å². The summed E-state index contributed by atoms with van der Waals surface area (Å²) < 4.78 is 10.9. The van der Waals surface area contributed by atoms with Gasteiger partial charge < -0.3 is 25.0 Å².